The Kier molecular flexibility index (Phi) is 2.84. The Morgan fingerprint density at radius 1 is 1.47 bits per heavy atom. The van der Waals surface area contributed by atoms with Crippen LogP contribution in [0.15, 0.2) is 18.3 Å². The molecule has 1 heterocycles. The van der Waals surface area contributed by atoms with Crippen LogP contribution in [0.2, 0.25) is 0 Å². The lowest BCUT2D eigenvalue weighted by Gasteiger charge is -2.12. The van der Waals surface area contributed by atoms with Gasteiger partial charge >= 0.3 is 0 Å². The van der Waals surface area contributed by atoms with Crippen molar-refractivity contribution >= 4 is 0 Å². The van der Waals surface area contributed by atoms with Gasteiger partial charge in [0.25, 0.3) is 0 Å². The summed E-state index contributed by atoms with van der Waals surface area (Å²) in [5, 5.41) is 8.58. The minimum Gasteiger partial charge on any atom is -0.489 e. The summed E-state index contributed by atoms with van der Waals surface area (Å²) in [5.41, 5.74) is 6.19. The summed E-state index contributed by atoms with van der Waals surface area (Å²) in [4.78, 5) is 3.94. The predicted octanol–water partition coefficient (Wildman–Crippen LogP) is 1.21. The van der Waals surface area contributed by atoms with E-state index in [1.54, 1.807) is 18.3 Å². The van der Waals surface area contributed by atoms with Crippen molar-refractivity contribution in [2.75, 3.05) is 0 Å². The average Bonchev–Trinajstić information content (AvgIpc) is 2.65. The molecule has 1 saturated carbocycles. The Morgan fingerprint density at radius 3 is 2.87 bits per heavy atom. The molecule has 0 amide bonds. The largest absolute Gasteiger partial charge is 0.489 e. The normalized spacial score (nSPS) is 24.8. The fourth-order valence-electron chi connectivity index (χ4n) is 1.79. The summed E-state index contributed by atoms with van der Waals surface area (Å²) in [6.07, 6.45) is 4.72. The maximum Gasteiger partial charge on any atom is 0.140 e. The zero-order valence-corrected chi connectivity index (χ0v) is 8.39. The molecule has 4 nitrogen and oxygen atoms in total. The van der Waals surface area contributed by atoms with Crippen LogP contribution in [0, 0.1) is 11.3 Å². The minimum absolute atomic E-state index is 0.203. The number of nitrogens with zero attached hydrogens (tertiary/aromatic N) is 2. The van der Waals surface area contributed by atoms with Crippen LogP contribution >= 0.6 is 0 Å². The topological polar surface area (TPSA) is 71.9 Å². The zero-order chi connectivity index (χ0) is 10.7. The fraction of sp³-hybridized carbons (Fsp3) is 0.455. The Balaban J connectivity index is 1.96. The van der Waals surface area contributed by atoms with Crippen molar-refractivity contribution in [2.24, 2.45) is 5.73 Å². The Morgan fingerprint density at radius 2 is 2.33 bits per heavy atom. The van der Waals surface area contributed by atoms with Crippen LogP contribution in [0.1, 0.15) is 25.0 Å². The van der Waals surface area contributed by atoms with Gasteiger partial charge in [0.1, 0.15) is 23.6 Å². The summed E-state index contributed by atoms with van der Waals surface area (Å²) >= 11 is 0. The molecule has 1 fully saturated rings. The molecule has 2 N–H and O–H groups in total. The first-order valence-electron chi connectivity index (χ1n) is 5.06. The highest BCUT2D eigenvalue weighted by molar-refractivity contribution is 5.26. The van der Waals surface area contributed by atoms with Gasteiger partial charge in [-0.25, -0.2) is 4.98 Å². The molecule has 0 aromatic carbocycles. The molecule has 78 valence electrons. The third kappa shape index (κ3) is 2.45. The second kappa shape index (κ2) is 4.28. The average molecular weight is 203 g/mol. The van der Waals surface area contributed by atoms with Crippen molar-refractivity contribution in [1.29, 1.82) is 5.26 Å². The Bertz CT molecular complexity index is 368. The second-order valence-corrected chi connectivity index (χ2v) is 3.80. The number of ether oxygens (including phenoxy) is 1. The molecule has 0 bridgehead atoms. The molecule has 2 rings (SSSR count). The molecule has 0 aliphatic heterocycles. The summed E-state index contributed by atoms with van der Waals surface area (Å²) < 4.78 is 5.69. The molecule has 0 saturated heterocycles. The summed E-state index contributed by atoms with van der Waals surface area (Å²) in [5.74, 6) is 0.716. The molecule has 2 atom stereocenters. The van der Waals surface area contributed by atoms with E-state index in [-0.39, 0.29) is 12.1 Å². The van der Waals surface area contributed by atoms with Gasteiger partial charge in [-0.15, -0.1) is 0 Å². The van der Waals surface area contributed by atoms with Gasteiger partial charge in [0.15, 0.2) is 0 Å². The SMILES string of the molecule is N#Cc1ccc(OC2CCC(N)C2)cn1. The molecule has 1 aliphatic rings. The lowest BCUT2D eigenvalue weighted by Crippen LogP contribution is -2.19. The van der Waals surface area contributed by atoms with Gasteiger partial charge in [-0.05, 0) is 31.4 Å². The van der Waals surface area contributed by atoms with E-state index in [1.807, 2.05) is 6.07 Å². The van der Waals surface area contributed by atoms with E-state index in [2.05, 4.69) is 4.98 Å². The van der Waals surface area contributed by atoms with E-state index in [9.17, 15) is 0 Å². The summed E-state index contributed by atoms with van der Waals surface area (Å²) in [6.45, 7) is 0. The lowest BCUT2D eigenvalue weighted by molar-refractivity contribution is 0.207. The molecular weight excluding hydrogens is 190 g/mol. The van der Waals surface area contributed by atoms with Gasteiger partial charge in [-0.2, -0.15) is 5.26 Å². The van der Waals surface area contributed by atoms with E-state index < -0.39 is 0 Å². The molecule has 0 radical (unpaired) electrons. The standard InChI is InChI=1S/C11H13N3O/c12-6-9-2-4-11(7-14-9)15-10-3-1-8(13)5-10/h2,4,7-8,10H,1,3,5,13H2. The first-order chi connectivity index (χ1) is 7.28. The van der Waals surface area contributed by atoms with Crippen molar-refractivity contribution in [3.8, 4) is 11.8 Å². The van der Waals surface area contributed by atoms with Gasteiger partial charge in [0.2, 0.25) is 0 Å². The molecule has 0 spiro atoms. The number of pyridine rings is 1. The lowest BCUT2D eigenvalue weighted by atomic mass is 10.3. The van der Waals surface area contributed by atoms with Gasteiger partial charge in [0.05, 0.1) is 6.20 Å². The van der Waals surface area contributed by atoms with Crippen LogP contribution in [0.5, 0.6) is 5.75 Å². The number of nitriles is 1. The van der Waals surface area contributed by atoms with Crippen molar-refractivity contribution in [2.45, 2.75) is 31.4 Å². The maximum absolute atomic E-state index is 8.58. The molecule has 1 aliphatic carbocycles. The van der Waals surface area contributed by atoms with E-state index in [1.165, 1.54) is 0 Å². The highest BCUT2D eigenvalue weighted by atomic mass is 16.5. The van der Waals surface area contributed by atoms with E-state index >= 15 is 0 Å². The molecule has 15 heavy (non-hydrogen) atoms. The van der Waals surface area contributed by atoms with E-state index in [4.69, 9.17) is 15.7 Å². The van der Waals surface area contributed by atoms with Crippen molar-refractivity contribution in [3.05, 3.63) is 24.0 Å². The molecule has 4 heteroatoms. The summed E-state index contributed by atoms with van der Waals surface area (Å²) in [7, 11) is 0. The first-order valence-corrected chi connectivity index (χ1v) is 5.06. The molecule has 2 unspecified atom stereocenters. The predicted molar refractivity (Wildman–Crippen MR) is 55.2 cm³/mol. The van der Waals surface area contributed by atoms with Crippen LogP contribution in [0.25, 0.3) is 0 Å². The number of nitrogens with two attached hydrogens (primary N) is 1. The highest BCUT2D eigenvalue weighted by Gasteiger charge is 2.23. The maximum atomic E-state index is 8.58. The van der Waals surface area contributed by atoms with Crippen LogP contribution < -0.4 is 10.5 Å². The first kappa shape index (κ1) is 9.94. The highest BCUT2D eigenvalue weighted by Crippen LogP contribution is 2.22. The third-order valence-electron chi connectivity index (χ3n) is 2.58. The monoisotopic (exact) mass is 203 g/mol. The van der Waals surface area contributed by atoms with E-state index in [0.29, 0.717) is 11.4 Å². The van der Waals surface area contributed by atoms with Crippen LogP contribution in [0.4, 0.5) is 0 Å². The number of aromatic nitrogens is 1. The number of rotatable bonds is 2. The van der Waals surface area contributed by atoms with Gasteiger partial charge < -0.3 is 10.5 Å². The van der Waals surface area contributed by atoms with Crippen molar-refractivity contribution in [1.82, 2.24) is 4.98 Å². The molecule has 1 aromatic rings. The quantitative estimate of drug-likeness (QED) is 0.784. The van der Waals surface area contributed by atoms with E-state index in [0.717, 1.165) is 19.3 Å². The van der Waals surface area contributed by atoms with Crippen LogP contribution in [-0.2, 0) is 0 Å². The molecule has 1 aromatic heterocycles. The Hall–Kier alpha value is -1.60. The fourth-order valence-corrected chi connectivity index (χ4v) is 1.79. The van der Waals surface area contributed by atoms with Crippen LogP contribution in [0.3, 0.4) is 0 Å². The van der Waals surface area contributed by atoms with Gasteiger partial charge in [-0.1, -0.05) is 0 Å². The number of hydrogen-bond acceptors (Lipinski definition) is 4. The zero-order valence-electron chi connectivity index (χ0n) is 8.39. The van der Waals surface area contributed by atoms with Gasteiger partial charge in [-0.3, -0.25) is 0 Å². The second-order valence-electron chi connectivity index (χ2n) is 3.80. The van der Waals surface area contributed by atoms with Crippen molar-refractivity contribution < 1.29 is 4.74 Å². The van der Waals surface area contributed by atoms with Crippen molar-refractivity contribution in [3.63, 3.8) is 0 Å². The minimum atomic E-state index is 0.203. The van der Waals surface area contributed by atoms with Gasteiger partial charge in [0, 0.05) is 6.04 Å². The third-order valence-corrected chi connectivity index (χ3v) is 2.58. The smallest absolute Gasteiger partial charge is 0.140 e. The Labute approximate surface area is 88.7 Å². The molecular formula is C11H13N3O. The summed E-state index contributed by atoms with van der Waals surface area (Å²) in [6, 6.07) is 5.66. The number of hydrogen-bond donors (Lipinski definition) is 1. The van der Waals surface area contributed by atoms with Crippen LogP contribution in [-0.4, -0.2) is 17.1 Å².